The van der Waals surface area contributed by atoms with Crippen LogP contribution >= 0.6 is 0 Å². The Hall–Kier alpha value is -0.860. The fourth-order valence-corrected chi connectivity index (χ4v) is 2.48. The zero-order chi connectivity index (χ0) is 15.7. The number of rotatable bonds is 10. The number of benzene rings is 1. The van der Waals surface area contributed by atoms with E-state index in [-0.39, 0.29) is 6.04 Å². The molecule has 2 heteroatoms. The molecule has 0 aliphatic rings. The molecule has 2 nitrogen and oxygen atoms in total. The standard InChI is InChI=1S/C19H33NO/c1-5-7-8-16(6-2)13-21-14-19(20)18-11-9-17(10-12-18)15(3)4/h9-12,15-16,19H,5-8,13-14,20H2,1-4H3. The molecule has 2 unspecified atom stereocenters. The van der Waals surface area contributed by atoms with Gasteiger partial charge in [0.05, 0.1) is 12.6 Å². The van der Waals surface area contributed by atoms with Gasteiger partial charge in [-0.05, 0) is 29.4 Å². The number of hydrogen-bond acceptors (Lipinski definition) is 2. The fourth-order valence-electron chi connectivity index (χ4n) is 2.48. The Morgan fingerprint density at radius 1 is 1.00 bits per heavy atom. The lowest BCUT2D eigenvalue weighted by atomic mass is 9.99. The van der Waals surface area contributed by atoms with Gasteiger partial charge in [0.15, 0.2) is 0 Å². The van der Waals surface area contributed by atoms with E-state index in [0.29, 0.717) is 18.4 Å². The lowest BCUT2D eigenvalue weighted by molar-refractivity contribution is 0.0837. The van der Waals surface area contributed by atoms with Crippen molar-refractivity contribution in [3.8, 4) is 0 Å². The quantitative estimate of drug-likeness (QED) is 0.655. The average Bonchev–Trinajstić information content (AvgIpc) is 2.50. The zero-order valence-electron chi connectivity index (χ0n) is 14.3. The van der Waals surface area contributed by atoms with Crippen LogP contribution in [-0.2, 0) is 4.74 Å². The van der Waals surface area contributed by atoms with E-state index in [1.54, 1.807) is 0 Å². The SMILES string of the molecule is CCCCC(CC)COCC(N)c1ccc(C(C)C)cc1. The summed E-state index contributed by atoms with van der Waals surface area (Å²) in [5.74, 6) is 1.25. The molecule has 1 rings (SSSR count). The van der Waals surface area contributed by atoms with Crippen molar-refractivity contribution >= 4 is 0 Å². The number of ether oxygens (including phenoxy) is 1. The van der Waals surface area contributed by atoms with Gasteiger partial charge in [0.1, 0.15) is 0 Å². The third kappa shape index (κ3) is 6.62. The molecule has 21 heavy (non-hydrogen) atoms. The predicted molar refractivity (Wildman–Crippen MR) is 91.6 cm³/mol. The molecule has 0 saturated heterocycles. The third-order valence-electron chi connectivity index (χ3n) is 4.23. The second-order valence-corrected chi connectivity index (χ2v) is 6.38. The number of hydrogen-bond donors (Lipinski definition) is 1. The van der Waals surface area contributed by atoms with Crippen molar-refractivity contribution in [2.75, 3.05) is 13.2 Å². The fraction of sp³-hybridized carbons (Fsp3) is 0.684. The van der Waals surface area contributed by atoms with E-state index in [1.807, 2.05) is 0 Å². The van der Waals surface area contributed by atoms with Gasteiger partial charge in [-0.1, -0.05) is 71.2 Å². The van der Waals surface area contributed by atoms with Crippen LogP contribution in [0.3, 0.4) is 0 Å². The molecule has 0 heterocycles. The summed E-state index contributed by atoms with van der Waals surface area (Å²) < 4.78 is 5.85. The molecule has 120 valence electrons. The Kier molecular flexibility index (Phi) is 8.63. The highest BCUT2D eigenvalue weighted by Crippen LogP contribution is 2.19. The molecule has 0 aromatic heterocycles. The normalized spacial score (nSPS) is 14.4. The van der Waals surface area contributed by atoms with E-state index in [1.165, 1.54) is 36.8 Å². The molecular formula is C19H33NO. The van der Waals surface area contributed by atoms with Crippen molar-refractivity contribution in [1.29, 1.82) is 0 Å². The van der Waals surface area contributed by atoms with E-state index < -0.39 is 0 Å². The first-order valence-corrected chi connectivity index (χ1v) is 8.51. The first-order valence-electron chi connectivity index (χ1n) is 8.51. The minimum absolute atomic E-state index is 0.0186. The molecule has 0 fully saturated rings. The van der Waals surface area contributed by atoms with Crippen LogP contribution in [0.15, 0.2) is 24.3 Å². The summed E-state index contributed by atoms with van der Waals surface area (Å²) in [7, 11) is 0. The van der Waals surface area contributed by atoms with E-state index in [9.17, 15) is 0 Å². The maximum Gasteiger partial charge on any atom is 0.0659 e. The first-order chi connectivity index (χ1) is 10.1. The molecule has 2 atom stereocenters. The highest BCUT2D eigenvalue weighted by Gasteiger charge is 2.10. The van der Waals surface area contributed by atoms with Gasteiger partial charge >= 0.3 is 0 Å². The third-order valence-corrected chi connectivity index (χ3v) is 4.23. The van der Waals surface area contributed by atoms with E-state index in [0.717, 1.165) is 6.61 Å². The van der Waals surface area contributed by atoms with Crippen LogP contribution in [0.2, 0.25) is 0 Å². The van der Waals surface area contributed by atoms with Gasteiger partial charge in [-0.2, -0.15) is 0 Å². The van der Waals surface area contributed by atoms with Gasteiger partial charge in [0.25, 0.3) is 0 Å². The average molecular weight is 291 g/mol. The van der Waals surface area contributed by atoms with Gasteiger partial charge in [-0.3, -0.25) is 0 Å². The zero-order valence-corrected chi connectivity index (χ0v) is 14.3. The Labute approximate surface area is 131 Å². The molecule has 2 N–H and O–H groups in total. The lowest BCUT2D eigenvalue weighted by Gasteiger charge is -2.18. The van der Waals surface area contributed by atoms with Gasteiger partial charge in [0.2, 0.25) is 0 Å². The van der Waals surface area contributed by atoms with E-state index in [2.05, 4.69) is 52.0 Å². The van der Waals surface area contributed by atoms with Crippen molar-refractivity contribution < 1.29 is 4.74 Å². The predicted octanol–water partition coefficient (Wildman–Crippen LogP) is 5.04. The van der Waals surface area contributed by atoms with Crippen LogP contribution in [0.5, 0.6) is 0 Å². The monoisotopic (exact) mass is 291 g/mol. The maximum absolute atomic E-state index is 6.22. The van der Waals surface area contributed by atoms with Crippen molar-refractivity contribution in [3.05, 3.63) is 35.4 Å². The molecule has 1 aromatic carbocycles. The van der Waals surface area contributed by atoms with Crippen LogP contribution in [-0.4, -0.2) is 13.2 Å². The molecule has 0 aliphatic heterocycles. The van der Waals surface area contributed by atoms with Crippen LogP contribution in [0.1, 0.15) is 76.5 Å². The summed E-state index contributed by atoms with van der Waals surface area (Å²) in [5, 5.41) is 0. The van der Waals surface area contributed by atoms with Crippen molar-refractivity contribution in [1.82, 2.24) is 0 Å². The van der Waals surface area contributed by atoms with Crippen LogP contribution in [0.25, 0.3) is 0 Å². The van der Waals surface area contributed by atoms with Gasteiger partial charge in [-0.25, -0.2) is 0 Å². The second-order valence-electron chi connectivity index (χ2n) is 6.38. The molecule has 0 radical (unpaired) electrons. The summed E-state index contributed by atoms with van der Waals surface area (Å²) in [4.78, 5) is 0. The molecule has 1 aromatic rings. The molecule has 0 spiro atoms. The van der Waals surface area contributed by atoms with Gasteiger partial charge < -0.3 is 10.5 Å². The molecule has 0 amide bonds. The Balaban J connectivity index is 2.37. The summed E-state index contributed by atoms with van der Waals surface area (Å²) in [6, 6.07) is 8.61. The summed E-state index contributed by atoms with van der Waals surface area (Å²) in [5.41, 5.74) is 8.75. The summed E-state index contributed by atoms with van der Waals surface area (Å²) in [6.45, 7) is 10.4. The molecule has 0 aliphatic carbocycles. The topological polar surface area (TPSA) is 35.2 Å². The summed E-state index contributed by atoms with van der Waals surface area (Å²) in [6.07, 6.45) is 5.02. The van der Waals surface area contributed by atoms with Crippen molar-refractivity contribution in [2.24, 2.45) is 11.7 Å². The van der Waals surface area contributed by atoms with Crippen molar-refractivity contribution in [2.45, 2.75) is 65.3 Å². The number of nitrogens with two attached hydrogens (primary N) is 1. The highest BCUT2D eigenvalue weighted by atomic mass is 16.5. The second kappa shape index (κ2) is 9.97. The molecular weight excluding hydrogens is 258 g/mol. The maximum atomic E-state index is 6.22. The van der Waals surface area contributed by atoms with Gasteiger partial charge in [0, 0.05) is 6.61 Å². The Morgan fingerprint density at radius 2 is 1.62 bits per heavy atom. The smallest absolute Gasteiger partial charge is 0.0659 e. The minimum Gasteiger partial charge on any atom is -0.379 e. The molecule has 0 bridgehead atoms. The highest BCUT2D eigenvalue weighted by molar-refractivity contribution is 5.26. The van der Waals surface area contributed by atoms with Crippen molar-refractivity contribution in [3.63, 3.8) is 0 Å². The molecule has 0 saturated carbocycles. The first kappa shape index (κ1) is 18.2. The Morgan fingerprint density at radius 3 is 2.14 bits per heavy atom. The van der Waals surface area contributed by atoms with Crippen LogP contribution < -0.4 is 5.73 Å². The van der Waals surface area contributed by atoms with Crippen LogP contribution in [0.4, 0.5) is 0 Å². The summed E-state index contributed by atoms with van der Waals surface area (Å²) >= 11 is 0. The largest absolute Gasteiger partial charge is 0.379 e. The lowest BCUT2D eigenvalue weighted by Crippen LogP contribution is -2.19. The number of unbranched alkanes of at least 4 members (excludes halogenated alkanes) is 1. The minimum atomic E-state index is -0.0186. The van der Waals surface area contributed by atoms with E-state index >= 15 is 0 Å². The van der Waals surface area contributed by atoms with Gasteiger partial charge in [-0.15, -0.1) is 0 Å². The van der Waals surface area contributed by atoms with E-state index in [4.69, 9.17) is 10.5 Å². The Bertz CT molecular complexity index is 372. The van der Waals surface area contributed by atoms with Crippen LogP contribution in [0, 0.1) is 5.92 Å².